The van der Waals surface area contributed by atoms with Crippen LogP contribution in [0.15, 0.2) is 18.3 Å². The topological polar surface area (TPSA) is 33.1 Å². The lowest BCUT2D eigenvalue weighted by Gasteiger charge is -2.08. The first kappa shape index (κ1) is 7.74. The van der Waals surface area contributed by atoms with E-state index < -0.39 is 0 Å². The van der Waals surface area contributed by atoms with Gasteiger partial charge < -0.3 is 5.11 Å². The van der Waals surface area contributed by atoms with Gasteiger partial charge in [0.15, 0.2) is 0 Å². The number of hydrogen-bond acceptors (Lipinski definition) is 2. The molecule has 1 heterocycles. The predicted molar refractivity (Wildman–Crippen MR) is 46.7 cm³/mol. The molecule has 0 aliphatic heterocycles. The number of rotatable bonds is 2. The molecule has 64 valence electrons. The molecule has 2 nitrogen and oxygen atoms in total. The van der Waals surface area contributed by atoms with Crippen molar-refractivity contribution in [1.29, 1.82) is 0 Å². The molecule has 12 heavy (non-hydrogen) atoms. The minimum absolute atomic E-state index is 0.280. The zero-order valence-corrected chi connectivity index (χ0v) is 7.20. The molecule has 1 unspecified atom stereocenters. The van der Waals surface area contributed by atoms with Gasteiger partial charge in [0.25, 0.3) is 0 Å². The van der Waals surface area contributed by atoms with E-state index in [4.69, 9.17) is 0 Å². The van der Waals surface area contributed by atoms with Crippen LogP contribution in [0.1, 0.15) is 30.2 Å². The summed E-state index contributed by atoms with van der Waals surface area (Å²) in [6.07, 6.45) is 3.82. The molecular formula is C10H13NO. The van der Waals surface area contributed by atoms with Crippen LogP contribution in [0.4, 0.5) is 0 Å². The number of hydrogen-bond donors (Lipinski definition) is 1. The molecule has 1 fully saturated rings. The van der Waals surface area contributed by atoms with E-state index in [1.807, 2.05) is 19.1 Å². The van der Waals surface area contributed by atoms with Crippen molar-refractivity contribution >= 4 is 0 Å². The molecule has 1 atom stereocenters. The zero-order valence-electron chi connectivity index (χ0n) is 7.20. The fourth-order valence-corrected chi connectivity index (χ4v) is 1.34. The van der Waals surface area contributed by atoms with Crippen LogP contribution in [0, 0.1) is 12.8 Å². The SMILES string of the molecule is Cc1ccc(C(O)C2CC2)cn1. The fourth-order valence-electron chi connectivity index (χ4n) is 1.34. The standard InChI is InChI=1S/C10H13NO/c1-7-2-3-9(6-11-7)10(12)8-4-5-8/h2-3,6,8,10,12H,4-5H2,1H3. The molecule has 0 aromatic carbocycles. The summed E-state index contributed by atoms with van der Waals surface area (Å²) in [5, 5.41) is 9.71. The van der Waals surface area contributed by atoms with Gasteiger partial charge in [0.1, 0.15) is 0 Å². The van der Waals surface area contributed by atoms with Crippen LogP contribution >= 0.6 is 0 Å². The van der Waals surface area contributed by atoms with Crippen LogP contribution in [-0.2, 0) is 0 Å². The number of pyridine rings is 1. The summed E-state index contributed by atoms with van der Waals surface area (Å²) in [5.74, 6) is 0.495. The van der Waals surface area contributed by atoms with Crippen molar-refractivity contribution in [2.24, 2.45) is 5.92 Å². The second-order valence-corrected chi connectivity index (χ2v) is 3.52. The van der Waals surface area contributed by atoms with Crippen molar-refractivity contribution in [2.75, 3.05) is 0 Å². The second-order valence-electron chi connectivity index (χ2n) is 3.52. The van der Waals surface area contributed by atoms with E-state index in [0.717, 1.165) is 24.1 Å². The summed E-state index contributed by atoms with van der Waals surface area (Å²) < 4.78 is 0. The van der Waals surface area contributed by atoms with Crippen molar-refractivity contribution in [3.05, 3.63) is 29.6 Å². The molecule has 0 bridgehead atoms. The molecule has 1 N–H and O–H groups in total. The minimum atomic E-state index is -0.280. The Kier molecular flexibility index (Phi) is 1.85. The van der Waals surface area contributed by atoms with Gasteiger partial charge in [-0.2, -0.15) is 0 Å². The molecule has 1 aliphatic rings. The van der Waals surface area contributed by atoms with Gasteiger partial charge in [-0.05, 0) is 37.3 Å². The molecule has 0 amide bonds. The lowest BCUT2D eigenvalue weighted by atomic mass is 10.1. The van der Waals surface area contributed by atoms with Crippen LogP contribution in [0.3, 0.4) is 0 Å². The van der Waals surface area contributed by atoms with Crippen LogP contribution in [0.2, 0.25) is 0 Å². The normalized spacial score (nSPS) is 19.2. The zero-order chi connectivity index (χ0) is 8.55. The van der Waals surface area contributed by atoms with E-state index in [2.05, 4.69) is 4.98 Å². The maximum atomic E-state index is 9.71. The molecule has 2 heteroatoms. The Bertz CT molecular complexity index is 264. The highest BCUT2D eigenvalue weighted by atomic mass is 16.3. The first-order valence-electron chi connectivity index (χ1n) is 4.38. The van der Waals surface area contributed by atoms with Crippen molar-refractivity contribution in [2.45, 2.75) is 25.9 Å². The smallest absolute Gasteiger partial charge is 0.0833 e. The molecule has 0 radical (unpaired) electrons. The summed E-state index contributed by atoms with van der Waals surface area (Å²) in [5.41, 5.74) is 1.96. The van der Waals surface area contributed by atoms with Gasteiger partial charge in [0, 0.05) is 11.9 Å². The molecule has 0 spiro atoms. The first-order chi connectivity index (χ1) is 5.77. The highest BCUT2D eigenvalue weighted by Crippen LogP contribution is 2.40. The second kappa shape index (κ2) is 2.87. The van der Waals surface area contributed by atoms with Crippen molar-refractivity contribution in [3.63, 3.8) is 0 Å². The van der Waals surface area contributed by atoms with Crippen LogP contribution in [0.25, 0.3) is 0 Å². The Hall–Kier alpha value is -0.890. The van der Waals surface area contributed by atoms with E-state index >= 15 is 0 Å². The molecular weight excluding hydrogens is 150 g/mol. The van der Waals surface area contributed by atoms with E-state index in [-0.39, 0.29) is 6.10 Å². The summed E-state index contributed by atoms with van der Waals surface area (Å²) in [6.45, 7) is 1.95. The summed E-state index contributed by atoms with van der Waals surface area (Å²) in [4.78, 5) is 4.15. The highest BCUT2D eigenvalue weighted by Gasteiger charge is 2.30. The van der Waals surface area contributed by atoms with Gasteiger partial charge in [-0.15, -0.1) is 0 Å². The number of aliphatic hydroxyl groups excluding tert-OH is 1. The average molecular weight is 163 g/mol. The molecule has 1 aliphatic carbocycles. The Morgan fingerprint density at radius 2 is 2.25 bits per heavy atom. The van der Waals surface area contributed by atoms with Crippen molar-refractivity contribution in [3.8, 4) is 0 Å². The lowest BCUT2D eigenvalue weighted by molar-refractivity contribution is 0.153. The van der Waals surface area contributed by atoms with E-state index in [9.17, 15) is 5.11 Å². The molecule has 2 rings (SSSR count). The van der Waals surface area contributed by atoms with Gasteiger partial charge in [0.05, 0.1) is 6.10 Å². The summed E-state index contributed by atoms with van der Waals surface area (Å²) >= 11 is 0. The summed E-state index contributed by atoms with van der Waals surface area (Å²) in [7, 11) is 0. The number of aromatic nitrogens is 1. The molecule has 1 aromatic heterocycles. The Labute approximate surface area is 72.3 Å². The van der Waals surface area contributed by atoms with Crippen molar-refractivity contribution in [1.82, 2.24) is 4.98 Å². The average Bonchev–Trinajstić information content (AvgIpc) is 2.87. The maximum Gasteiger partial charge on any atom is 0.0833 e. The van der Waals surface area contributed by atoms with Gasteiger partial charge in [-0.3, -0.25) is 4.98 Å². The molecule has 1 saturated carbocycles. The molecule has 0 saturated heterocycles. The van der Waals surface area contributed by atoms with E-state index in [1.165, 1.54) is 0 Å². The number of aryl methyl sites for hydroxylation is 1. The molecule has 1 aromatic rings. The predicted octanol–water partition coefficient (Wildman–Crippen LogP) is 1.83. The Morgan fingerprint density at radius 1 is 1.50 bits per heavy atom. The van der Waals surface area contributed by atoms with Crippen LogP contribution in [0.5, 0.6) is 0 Å². The van der Waals surface area contributed by atoms with E-state index in [0.29, 0.717) is 5.92 Å². The third-order valence-electron chi connectivity index (χ3n) is 2.34. The third kappa shape index (κ3) is 1.48. The number of nitrogens with zero attached hydrogens (tertiary/aromatic N) is 1. The Balaban J connectivity index is 2.16. The number of aliphatic hydroxyl groups is 1. The minimum Gasteiger partial charge on any atom is -0.388 e. The quantitative estimate of drug-likeness (QED) is 0.721. The largest absolute Gasteiger partial charge is 0.388 e. The van der Waals surface area contributed by atoms with Gasteiger partial charge in [0.2, 0.25) is 0 Å². The first-order valence-corrected chi connectivity index (χ1v) is 4.38. The lowest BCUT2D eigenvalue weighted by Crippen LogP contribution is -1.99. The third-order valence-corrected chi connectivity index (χ3v) is 2.34. The van der Waals surface area contributed by atoms with Crippen molar-refractivity contribution < 1.29 is 5.11 Å². The van der Waals surface area contributed by atoms with E-state index in [1.54, 1.807) is 6.20 Å². The summed E-state index contributed by atoms with van der Waals surface area (Å²) in [6, 6.07) is 3.91. The monoisotopic (exact) mass is 163 g/mol. The van der Waals surface area contributed by atoms with Crippen LogP contribution in [-0.4, -0.2) is 10.1 Å². The van der Waals surface area contributed by atoms with Gasteiger partial charge >= 0.3 is 0 Å². The fraction of sp³-hybridized carbons (Fsp3) is 0.500. The van der Waals surface area contributed by atoms with Gasteiger partial charge in [-0.25, -0.2) is 0 Å². The van der Waals surface area contributed by atoms with Gasteiger partial charge in [-0.1, -0.05) is 6.07 Å². The maximum absolute atomic E-state index is 9.71. The highest BCUT2D eigenvalue weighted by molar-refractivity contribution is 5.17. The Morgan fingerprint density at radius 3 is 2.75 bits per heavy atom. The van der Waals surface area contributed by atoms with Crippen LogP contribution < -0.4 is 0 Å².